The number of unbranched alkanes of at least 4 members (excludes halogenated alkanes) is 3. The van der Waals surface area contributed by atoms with Crippen LogP contribution in [0.3, 0.4) is 0 Å². The Balaban J connectivity index is 2.48. The maximum Gasteiger partial charge on any atom is 0.245 e. The minimum atomic E-state index is -0.260. The molecule has 0 saturated carbocycles. The number of amides is 2. The lowest BCUT2D eigenvalue weighted by Gasteiger charge is -2.26. The lowest BCUT2D eigenvalue weighted by Crippen LogP contribution is -2.42. The van der Waals surface area contributed by atoms with Crippen LogP contribution in [0.5, 0.6) is 0 Å². The molecule has 0 saturated heterocycles. The number of aromatic nitrogens is 1. The van der Waals surface area contributed by atoms with Crippen LogP contribution in [-0.4, -0.2) is 34.5 Å². The number of nitrogens with one attached hydrogen (secondary N) is 1. The summed E-state index contributed by atoms with van der Waals surface area (Å²) in [5.41, 5.74) is 0. The maximum atomic E-state index is 12.3. The number of nitrogens with zero attached hydrogens (tertiary/aromatic N) is 2. The normalized spacial score (nSPS) is 10.8. The summed E-state index contributed by atoms with van der Waals surface area (Å²) in [6, 6.07) is 1.63. The standard InChI is InChI=1S/C16H27N3O3/c1-5-6-7-8-9-16(21)19(12(2)3)11-15(20)17-14-10-13(4)22-18-14/h10,12H,5-9,11H2,1-4H3,(H,17,18,20). The molecular formula is C16H27N3O3. The summed E-state index contributed by atoms with van der Waals surface area (Å²) < 4.78 is 4.90. The van der Waals surface area contributed by atoms with Crippen molar-refractivity contribution in [3.8, 4) is 0 Å². The van der Waals surface area contributed by atoms with Gasteiger partial charge in [-0.3, -0.25) is 9.59 Å². The number of carbonyl (C=O) groups excluding carboxylic acids is 2. The van der Waals surface area contributed by atoms with Crippen molar-refractivity contribution in [3.63, 3.8) is 0 Å². The minimum Gasteiger partial charge on any atom is -0.360 e. The van der Waals surface area contributed by atoms with E-state index in [4.69, 9.17) is 4.52 Å². The maximum absolute atomic E-state index is 12.3. The third-order valence-corrected chi connectivity index (χ3v) is 3.40. The molecule has 0 aliphatic heterocycles. The van der Waals surface area contributed by atoms with Crippen LogP contribution in [-0.2, 0) is 9.59 Å². The van der Waals surface area contributed by atoms with Gasteiger partial charge in [0.1, 0.15) is 12.3 Å². The molecule has 6 heteroatoms. The summed E-state index contributed by atoms with van der Waals surface area (Å²) in [6.45, 7) is 7.76. The van der Waals surface area contributed by atoms with Gasteiger partial charge in [0.25, 0.3) is 0 Å². The molecule has 2 amide bonds. The van der Waals surface area contributed by atoms with E-state index in [1.54, 1.807) is 17.9 Å². The Labute approximate surface area is 132 Å². The second-order valence-corrected chi connectivity index (χ2v) is 5.80. The first-order chi connectivity index (χ1) is 10.4. The van der Waals surface area contributed by atoms with E-state index in [1.807, 2.05) is 13.8 Å². The lowest BCUT2D eigenvalue weighted by atomic mass is 10.1. The lowest BCUT2D eigenvalue weighted by molar-refractivity contribution is -0.136. The first-order valence-corrected chi connectivity index (χ1v) is 7.96. The fourth-order valence-electron chi connectivity index (χ4n) is 2.17. The molecule has 1 rings (SSSR count). The summed E-state index contributed by atoms with van der Waals surface area (Å²) in [5.74, 6) is 0.770. The molecule has 1 N–H and O–H groups in total. The molecule has 124 valence electrons. The Bertz CT molecular complexity index is 483. The summed E-state index contributed by atoms with van der Waals surface area (Å²) >= 11 is 0. The van der Waals surface area contributed by atoms with Crippen LogP contribution < -0.4 is 5.32 Å². The fraction of sp³-hybridized carbons (Fsp3) is 0.688. The first kappa shape index (κ1) is 18.2. The van der Waals surface area contributed by atoms with Crippen LogP contribution in [0.2, 0.25) is 0 Å². The average Bonchev–Trinajstić information content (AvgIpc) is 2.85. The van der Waals surface area contributed by atoms with Crippen molar-refractivity contribution in [2.45, 2.75) is 65.8 Å². The van der Waals surface area contributed by atoms with Crippen molar-refractivity contribution >= 4 is 17.6 Å². The zero-order chi connectivity index (χ0) is 16.5. The SMILES string of the molecule is CCCCCCC(=O)N(CC(=O)Nc1cc(C)on1)C(C)C. The molecule has 0 fully saturated rings. The molecular weight excluding hydrogens is 282 g/mol. The minimum absolute atomic E-state index is 0.0107. The predicted molar refractivity (Wildman–Crippen MR) is 85.5 cm³/mol. The monoisotopic (exact) mass is 309 g/mol. The van der Waals surface area contributed by atoms with E-state index in [0.717, 1.165) is 25.7 Å². The van der Waals surface area contributed by atoms with Crippen LogP contribution in [0.1, 0.15) is 58.6 Å². The van der Waals surface area contributed by atoms with Crippen molar-refractivity contribution in [2.75, 3.05) is 11.9 Å². The Hall–Kier alpha value is -1.85. The van der Waals surface area contributed by atoms with Crippen molar-refractivity contribution in [3.05, 3.63) is 11.8 Å². The Morgan fingerprint density at radius 2 is 2.05 bits per heavy atom. The molecule has 6 nitrogen and oxygen atoms in total. The number of hydrogen-bond donors (Lipinski definition) is 1. The van der Waals surface area contributed by atoms with E-state index < -0.39 is 0 Å². The van der Waals surface area contributed by atoms with Gasteiger partial charge in [-0.2, -0.15) is 0 Å². The van der Waals surface area contributed by atoms with Crippen LogP contribution in [0, 0.1) is 6.92 Å². The highest BCUT2D eigenvalue weighted by atomic mass is 16.5. The summed E-state index contributed by atoms with van der Waals surface area (Å²) in [7, 11) is 0. The Morgan fingerprint density at radius 1 is 1.32 bits per heavy atom. The predicted octanol–water partition coefficient (Wildman–Crippen LogP) is 3.13. The van der Waals surface area contributed by atoms with E-state index >= 15 is 0 Å². The number of hydrogen-bond acceptors (Lipinski definition) is 4. The third-order valence-electron chi connectivity index (χ3n) is 3.40. The highest BCUT2D eigenvalue weighted by Crippen LogP contribution is 2.10. The molecule has 1 aromatic rings. The van der Waals surface area contributed by atoms with Gasteiger partial charge in [-0.15, -0.1) is 0 Å². The van der Waals surface area contributed by atoms with Gasteiger partial charge < -0.3 is 14.7 Å². The van der Waals surface area contributed by atoms with E-state index in [-0.39, 0.29) is 24.4 Å². The second-order valence-electron chi connectivity index (χ2n) is 5.80. The van der Waals surface area contributed by atoms with Gasteiger partial charge in [-0.25, -0.2) is 0 Å². The van der Waals surface area contributed by atoms with Gasteiger partial charge in [0.15, 0.2) is 5.82 Å². The number of rotatable bonds is 9. The Morgan fingerprint density at radius 3 is 2.59 bits per heavy atom. The molecule has 1 aromatic heterocycles. The first-order valence-electron chi connectivity index (χ1n) is 7.96. The van der Waals surface area contributed by atoms with Crippen molar-refractivity contribution in [2.24, 2.45) is 0 Å². The average molecular weight is 309 g/mol. The second kappa shape index (κ2) is 9.23. The topological polar surface area (TPSA) is 75.4 Å². The van der Waals surface area contributed by atoms with Gasteiger partial charge in [-0.05, 0) is 27.2 Å². The van der Waals surface area contributed by atoms with E-state index in [2.05, 4.69) is 17.4 Å². The van der Waals surface area contributed by atoms with Crippen molar-refractivity contribution in [1.82, 2.24) is 10.1 Å². The third kappa shape index (κ3) is 6.28. The van der Waals surface area contributed by atoms with Gasteiger partial charge in [0.05, 0.1) is 0 Å². The largest absolute Gasteiger partial charge is 0.360 e. The number of anilines is 1. The highest BCUT2D eigenvalue weighted by molar-refractivity contribution is 5.93. The molecule has 0 bridgehead atoms. The molecule has 22 heavy (non-hydrogen) atoms. The van der Waals surface area contributed by atoms with Crippen LogP contribution in [0.25, 0.3) is 0 Å². The quantitative estimate of drug-likeness (QED) is 0.711. The van der Waals surface area contributed by atoms with Gasteiger partial charge in [-0.1, -0.05) is 31.3 Å². The van der Waals surface area contributed by atoms with Crippen molar-refractivity contribution < 1.29 is 14.1 Å². The van der Waals surface area contributed by atoms with Crippen LogP contribution >= 0.6 is 0 Å². The zero-order valence-corrected chi connectivity index (χ0v) is 14.0. The van der Waals surface area contributed by atoms with Gasteiger partial charge in [0.2, 0.25) is 11.8 Å². The van der Waals surface area contributed by atoms with E-state index in [9.17, 15) is 9.59 Å². The summed E-state index contributed by atoms with van der Waals surface area (Å²) in [4.78, 5) is 25.9. The molecule has 0 atom stereocenters. The van der Waals surface area contributed by atoms with Gasteiger partial charge >= 0.3 is 0 Å². The number of aryl methyl sites for hydroxylation is 1. The summed E-state index contributed by atoms with van der Waals surface area (Å²) in [6.07, 6.45) is 4.70. The van der Waals surface area contributed by atoms with E-state index in [1.165, 1.54) is 0 Å². The molecule has 0 aliphatic carbocycles. The molecule has 1 heterocycles. The van der Waals surface area contributed by atoms with E-state index in [0.29, 0.717) is 18.0 Å². The van der Waals surface area contributed by atoms with Gasteiger partial charge in [0, 0.05) is 18.5 Å². The zero-order valence-electron chi connectivity index (χ0n) is 14.0. The molecule has 0 radical (unpaired) electrons. The highest BCUT2D eigenvalue weighted by Gasteiger charge is 2.20. The molecule has 0 unspecified atom stereocenters. The molecule has 0 aliphatic rings. The Kier molecular flexibility index (Phi) is 7.63. The molecule has 0 spiro atoms. The summed E-state index contributed by atoms with van der Waals surface area (Å²) in [5, 5.41) is 6.35. The van der Waals surface area contributed by atoms with Crippen LogP contribution in [0.15, 0.2) is 10.6 Å². The molecule has 0 aromatic carbocycles. The smallest absolute Gasteiger partial charge is 0.245 e. The van der Waals surface area contributed by atoms with Crippen molar-refractivity contribution in [1.29, 1.82) is 0 Å². The fourth-order valence-corrected chi connectivity index (χ4v) is 2.17. The van der Waals surface area contributed by atoms with Crippen LogP contribution in [0.4, 0.5) is 5.82 Å². The number of carbonyl (C=O) groups is 2.